The fourth-order valence-corrected chi connectivity index (χ4v) is 3.20. The molecule has 2 aromatic rings. The first kappa shape index (κ1) is 14.1. The number of pyridine rings is 1. The van der Waals surface area contributed by atoms with Crippen molar-refractivity contribution >= 4 is 17.0 Å². The Bertz CT molecular complexity index is 695. The van der Waals surface area contributed by atoms with Gasteiger partial charge in [-0.25, -0.2) is 4.79 Å². The van der Waals surface area contributed by atoms with E-state index in [-0.39, 0.29) is 5.97 Å². The van der Waals surface area contributed by atoms with Crippen molar-refractivity contribution in [1.82, 2.24) is 9.97 Å². The first-order chi connectivity index (χ1) is 9.90. The Balaban J connectivity index is 2.02. The average Bonchev–Trinajstić information content (AvgIpc) is 2.85. The van der Waals surface area contributed by atoms with Gasteiger partial charge in [0.05, 0.1) is 12.6 Å². The summed E-state index contributed by atoms with van der Waals surface area (Å²) >= 11 is 0. The Labute approximate surface area is 124 Å². The first-order valence-electron chi connectivity index (χ1n) is 7.48. The smallest absolute Gasteiger partial charge is 0.341 e. The second-order valence-electron chi connectivity index (χ2n) is 6.99. The molecule has 2 heterocycles. The number of nitrogens with one attached hydrogen (secondary N) is 1. The molecule has 4 nitrogen and oxygen atoms in total. The molecule has 1 unspecified atom stereocenters. The fourth-order valence-electron chi connectivity index (χ4n) is 3.20. The molecule has 0 amide bonds. The lowest BCUT2D eigenvalue weighted by molar-refractivity contribution is 0.0603. The lowest BCUT2D eigenvalue weighted by Gasteiger charge is -2.34. The second-order valence-corrected chi connectivity index (χ2v) is 6.99. The molecule has 2 aromatic heterocycles. The zero-order chi connectivity index (χ0) is 15.2. The molecule has 0 saturated carbocycles. The van der Waals surface area contributed by atoms with Crippen LogP contribution in [0.1, 0.15) is 48.8 Å². The summed E-state index contributed by atoms with van der Waals surface area (Å²) in [5, 5.41) is 0. The van der Waals surface area contributed by atoms with Crippen molar-refractivity contribution in [1.29, 1.82) is 0 Å². The van der Waals surface area contributed by atoms with Crippen LogP contribution < -0.4 is 0 Å². The van der Waals surface area contributed by atoms with Crippen molar-refractivity contribution in [3.05, 3.63) is 29.1 Å². The van der Waals surface area contributed by atoms with Crippen LogP contribution in [0.3, 0.4) is 0 Å². The molecule has 0 aromatic carbocycles. The molecule has 0 saturated heterocycles. The zero-order valence-corrected chi connectivity index (χ0v) is 13.1. The molecule has 1 atom stereocenters. The highest BCUT2D eigenvalue weighted by Gasteiger charge is 2.30. The van der Waals surface area contributed by atoms with Gasteiger partial charge >= 0.3 is 5.97 Å². The predicted molar refractivity (Wildman–Crippen MR) is 82.4 cm³/mol. The SMILES string of the molecule is COC(=O)c1c[nH]c2cc3c(nc12)CCC(C(C)(C)C)C3. The first-order valence-corrected chi connectivity index (χ1v) is 7.48. The molecule has 1 N–H and O–H groups in total. The number of H-pyrrole nitrogens is 1. The highest BCUT2D eigenvalue weighted by molar-refractivity contribution is 6.02. The monoisotopic (exact) mass is 286 g/mol. The molecule has 0 radical (unpaired) electrons. The van der Waals surface area contributed by atoms with Gasteiger partial charge in [-0.1, -0.05) is 20.8 Å². The van der Waals surface area contributed by atoms with Gasteiger partial charge in [-0.3, -0.25) is 4.98 Å². The Hall–Kier alpha value is -1.84. The van der Waals surface area contributed by atoms with E-state index >= 15 is 0 Å². The molecule has 21 heavy (non-hydrogen) atoms. The van der Waals surface area contributed by atoms with E-state index < -0.39 is 0 Å². The normalized spacial score (nSPS) is 18.6. The minimum atomic E-state index is -0.336. The highest BCUT2D eigenvalue weighted by Crippen LogP contribution is 2.37. The van der Waals surface area contributed by atoms with E-state index in [0.717, 1.165) is 36.0 Å². The maximum Gasteiger partial charge on any atom is 0.341 e. The standard InChI is InChI=1S/C17H22N2O2/c1-17(2,3)11-5-6-13-10(7-11)8-14-15(19-13)12(9-18-14)16(20)21-4/h8-9,11,18H,5-7H2,1-4H3. The number of fused-ring (bicyclic) bond motifs is 2. The molecular weight excluding hydrogens is 264 g/mol. The van der Waals surface area contributed by atoms with Crippen molar-refractivity contribution in [3.63, 3.8) is 0 Å². The van der Waals surface area contributed by atoms with Crippen LogP contribution in [0, 0.1) is 11.3 Å². The molecular formula is C17H22N2O2. The van der Waals surface area contributed by atoms with E-state index in [4.69, 9.17) is 9.72 Å². The molecule has 0 aliphatic heterocycles. The number of hydrogen-bond donors (Lipinski definition) is 1. The quantitative estimate of drug-likeness (QED) is 0.816. The van der Waals surface area contributed by atoms with E-state index in [0.29, 0.717) is 16.9 Å². The van der Waals surface area contributed by atoms with E-state index in [1.165, 1.54) is 12.7 Å². The predicted octanol–water partition coefficient (Wildman–Crippen LogP) is 3.50. The maximum atomic E-state index is 11.8. The lowest BCUT2D eigenvalue weighted by Crippen LogP contribution is -2.27. The molecule has 0 bridgehead atoms. The summed E-state index contributed by atoms with van der Waals surface area (Å²) in [5.74, 6) is 0.344. The highest BCUT2D eigenvalue weighted by atomic mass is 16.5. The molecule has 0 fully saturated rings. The van der Waals surface area contributed by atoms with Crippen LogP contribution in [0.5, 0.6) is 0 Å². The number of hydrogen-bond acceptors (Lipinski definition) is 3. The number of esters is 1. The van der Waals surface area contributed by atoms with Gasteiger partial charge in [0, 0.05) is 11.9 Å². The summed E-state index contributed by atoms with van der Waals surface area (Å²) in [5.41, 5.74) is 4.94. The average molecular weight is 286 g/mol. The number of carbonyl (C=O) groups is 1. The van der Waals surface area contributed by atoms with Gasteiger partial charge < -0.3 is 9.72 Å². The van der Waals surface area contributed by atoms with Crippen LogP contribution >= 0.6 is 0 Å². The third-order valence-corrected chi connectivity index (χ3v) is 4.64. The van der Waals surface area contributed by atoms with Gasteiger partial charge in [0.1, 0.15) is 11.1 Å². The number of nitrogens with zero attached hydrogens (tertiary/aromatic N) is 1. The third kappa shape index (κ3) is 2.43. The van der Waals surface area contributed by atoms with Gasteiger partial charge in [-0.05, 0) is 42.2 Å². The van der Waals surface area contributed by atoms with Crippen molar-refractivity contribution in [2.45, 2.75) is 40.0 Å². The van der Waals surface area contributed by atoms with E-state index in [9.17, 15) is 4.79 Å². The van der Waals surface area contributed by atoms with Gasteiger partial charge in [0.25, 0.3) is 0 Å². The van der Waals surface area contributed by atoms with Gasteiger partial charge in [0.15, 0.2) is 0 Å². The molecule has 1 aliphatic rings. The topological polar surface area (TPSA) is 55.0 Å². The molecule has 0 spiro atoms. The van der Waals surface area contributed by atoms with Gasteiger partial charge in [-0.2, -0.15) is 0 Å². The van der Waals surface area contributed by atoms with Crippen molar-refractivity contribution < 1.29 is 9.53 Å². The maximum absolute atomic E-state index is 11.8. The van der Waals surface area contributed by atoms with Crippen LogP contribution in [0.15, 0.2) is 12.3 Å². The Morgan fingerprint density at radius 1 is 1.43 bits per heavy atom. The Kier molecular flexibility index (Phi) is 3.27. The summed E-state index contributed by atoms with van der Waals surface area (Å²) in [4.78, 5) is 19.6. The van der Waals surface area contributed by atoms with Crippen LogP contribution in [-0.2, 0) is 17.6 Å². The number of aromatic nitrogens is 2. The van der Waals surface area contributed by atoms with Crippen LogP contribution in [-0.4, -0.2) is 23.0 Å². The van der Waals surface area contributed by atoms with Gasteiger partial charge in [0.2, 0.25) is 0 Å². The second kappa shape index (κ2) is 4.86. The summed E-state index contributed by atoms with van der Waals surface area (Å²) < 4.78 is 4.81. The van der Waals surface area contributed by atoms with Gasteiger partial charge in [-0.15, -0.1) is 0 Å². The fraction of sp³-hybridized carbons (Fsp3) is 0.529. The van der Waals surface area contributed by atoms with E-state index in [1.54, 1.807) is 6.20 Å². The van der Waals surface area contributed by atoms with E-state index in [1.807, 2.05) is 0 Å². The molecule has 1 aliphatic carbocycles. The van der Waals surface area contributed by atoms with Crippen molar-refractivity contribution in [2.75, 3.05) is 7.11 Å². The zero-order valence-electron chi connectivity index (χ0n) is 13.1. The Morgan fingerprint density at radius 2 is 2.19 bits per heavy atom. The van der Waals surface area contributed by atoms with E-state index in [2.05, 4.69) is 31.8 Å². The summed E-state index contributed by atoms with van der Waals surface area (Å²) in [7, 11) is 1.40. The number of rotatable bonds is 1. The Morgan fingerprint density at radius 3 is 2.86 bits per heavy atom. The summed E-state index contributed by atoms with van der Waals surface area (Å²) in [6.45, 7) is 6.91. The number of aromatic amines is 1. The van der Waals surface area contributed by atoms with Crippen molar-refractivity contribution in [3.8, 4) is 0 Å². The number of ether oxygens (including phenoxy) is 1. The number of methoxy groups -OCH3 is 1. The van der Waals surface area contributed by atoms with Crippen molar-refractivity contribution in [2.24, 2.45) is 11.3 Å². The molecule has 4 heteroatoms. The molecule has 112 valence electrons. The number of aryl methyl sites for hydroxylation is 1. The number of carbonyl (C=O) groups excluding carboxylic acids is 1. The van der Waals surface area contributed by atoms with Crippen LogP contribution in [0.4, 0.5) is 0 Å². The van der Waals surface area contributed by atoms with Crippen LogP contribution in [0.25, 0.3) is 11.0 Å². The third-order valence-electron chi connectivity index (χ3n) is 4.64. The minimum Gasteiger partial charge on any atom is -0.465 e. The summed E-state index contributed by atoms with van der Waals surface area (Å²) in [6.07, 6.45) is 4.90. The largest absolute Gasteiger partial charge is 0.465 e. The molecule has 3 rings (SSSR count). The lowest BCUT2D eigenvalue weighted by atomic mass is 9.71. The summed E-state index contributed by atoms with van der Waals surface area (Å²) in [6, 6.07) is 2.15. The minimum absolute atomic E-state index is 0.319. The van der Waals surface area contributed by atoms with Crippen LogP contribution in [0.2, 0.25) is 0 Å².